The Labute approximate surface area is 151 Å². The molecule has 0 unspecified atom stereocenters. The van der Waals surface area contributed by atoms with Crippen LogP contribution >= 0.6 is 0 Å². The number of aryl methyl sites for hydroxylation is 3. The quantitative estimate of drug-likeness (QED) is 0.558. The highest BCUT2D eigenvalue weighted by molar-refractivity contribution is 6.00. The van der Waals surface area contributed by atoms with E-state index in [2.05, 4.69) is 0 Å². The van der Waals surface area contributed by atoms with E-state index in [0.29, 0.717) is 5.75 Å². The van der Waals surface area contributed by atoms with Crippen molar-refractivity contribution in [3.8, 4) is 11.5 Å². The molecular formula is C20H21FO5. The number of methoxy groups -OCH3 is 1. The third-order valence-electron chi connectivity index (χ3n) is 3.77. The first-order valence-electron chi connectivity index (χ1n) is 8.05. The van der Waals surface area contributed by atoms with E-state index < -0.39 is 24.2 Å². The van der Waals surface area contributed by atoms with Gasteiger partial charge in [-0.05, 0) is 50.1 Å². The van der Waals surface area contributed by atoms with E-state index in [1.165, 1.54) is 19.2 Å². The van der Waals surface area contributed by atoms with Crippen molar-refractivity contribution in [1.29, 1.82) is 0 Å². The first-order valence-corrected chi connectivity index (χ1v) is 8.05. The smallest absolute Gasteiger partial charge is 0.344 e. The Morgan fingerprint density at radius 3 is 2.27 bits per heavy atom. The van der Waals surface area contributed by atoms with Crippen LogP contribution in [0.5, 0.6) is 11.5 Å². The Morgan fingerprint density at radius 2 is 1.65 bits per heavy atom. The van der Waals surface area contributed by atoms with Crippen LogP contribution < -0.4 is 9.47 Å². The fraction of sp³-hybridized carbons (Fsp3) is 0.300. The van der Waals surface area contributed by atoms with Gasteiger partial charge in [-0.15, -0.1) is 0 Å². The van der Waals surface area contributed by atoms with E-state index in [4.69, 9.17) is 14.2 Å². The van der Waals surface area contributed by atoms with Gasteiger partial charge in [-0.1, -0.05) is 17.7 Å². The van der Waals surface area contributed by atoms with E-state index in [-0.39, 0.29) is 17.9 Å². The number of carbonyl (C=O) groups is 2. The largest absolute Gasteiger partial charge is 0.496 e. The lowest BCUT2D eigenvalue weighted by atomic mass is 10.1. The normalized spacial score (nSPS) is 10.3. The molecule has 6 heteroatoms. The zero-order chi connectivity index (χ0) is 19.3. The number of hydrogen-bond donors (Lipinski definition) is 0. The van der Waals surface area contributed by atoms with E-state index in [1.807, 2.05) is 32.9 Å². The third-order valence-corrected chi connectivity index (χ3v) is 3.77. The summed E-state index contributed by atoms with van der Waals surface area (Å²) in [5.74, 6) is -0.986. The van der Waals surface area contributed by atoms with Crippen molar-refractivity contribution in [3.05, 3.63) is 58.4 Å². The molecule has 138 valence electrons. The Hall–Kier alpha value is -2.89. The molecular weight excluding hydrogens is 339 g/mol. The van der Waals surface area contributed by atoms with Crippen LogP contribution in [-0.2, 0) is 9.53 Å². The monoisotopic (exact) mass is 360 g/mol. The average Bonchev–Trinajstić information content (AvgIpc) is 2.58. The van der Waals surface area contributed by atoms with Gasteiger partial charge in [0.1, 0.15) is 17.3 Å². The van der Waals surface area contributed by atoms with Crippen molar-refractivity contribution in [2.45, 2.75) is 20.8 Å². The fourth-order valence-corrected chi connectivity index (χ4v) is 2.69. The molecule has 5 nitrogen and oxygen atoms in total. The second-order valence-electron chi connectivity index (χ2n) is 5.94. The van der Waals surface area contributed by atoms with Crippen molar-refractivity contribution in [2.24, 2.45) is 0 Å². The molecule has 2 aromatic carbocycles. The van der Waals surface area contributed by atoms with Gasteiger partial charge in [0.2, 0.25) is 5.78 Å². The van der Waals surface area contributed by atoms with Crippen LogP contribution in [0.3, 0.4) is 0 Å². The minimum Gasteiger partial charge on any atom is -0.496 e. The van der Waals surface area contributed by atoms with Crippen LogP contribution in [0, 0.1) is 26.6 Å². The number of ketones is 1. The molecule has 0 aliphatic rings. The zero-order valence-corrected chi connectivity index (χ0v) is 15.2. The van der Waals surface area contributed by atoms with Gasteiger partial charge in [-0.2, -0.15) is 0 Å². The van der Waals surface area contributed by atoms with Crippen molar-refractivity contribution >= 4 is 11.8 Å². The van der Waals surface area contributed by atoms with Crippen molar-refractivity contribution in [2.75, 3.05) is 20.3 Å². The molecule has 0 radical (unpaired) electrons. The molecule has 0 fully saturated rings. The number of rotatable bonds is 7. The summed E-state index contributed by atoms with van der Waals surface area (Å²) in [6.07, 6.45) is 0. The highest BCUT2D eigenvalue weighted by Gasteiger charge is 2.16. The van der Waals surface area contributed by atoms with Crippen molar-refractivity contribution < 1.29 is 28.2 Å². The Morgan fingerprint density at radius 1 is 1.00 bits per heavy atom. The molecule has 0 aliphatic heterocycles. The van der Waals surface area contributed by atoms with Crippen LogP contribution in [-0.4, -0.2) is 32.1 Å². The summed E-state index contributed by atoms with van der Waals surface area (Å²) in [5, 5.41) is 0. The lowest BCUT2D eigenvalue weighted by Crippen LogP contribution is -2.20. The van der Waals surface area contributed by atoms with Crippen LogP contribution in [0.25, 0.3) is 0 Å². The Balaban J connectivity index is 1.93. The maximum Gasteiger partial charge on any atom is 0.344 e. The number of halogens is 1. The van der Waals surface area contributed by atoms with Crippen LogP contribution in [0.4, 0.5) is 4.39 Å². The summed E-state index contributed by atoms with van der Waals surface area (Å²) in [6.45, 7) is 4.91. The number of ether oxygens (including phenoxy) is 3. The first kappa shape index (κ1) is 19.4. The predicted molar refractivity (Wildman–Crippen MR) is 94.4 cm³/mol. The first-order chi connectivity index (χ1) is 12.3. The molecule has 0 N–H and O–H groups in total. The van der Waals surface area contributed by atoms with Gasteiger partial charge in [0.15, 0.2) is 13.2 Å². The molecule has 0 saturated heterocycles. The molecule has 0 bridgehead atoms. The highest BCUT2D eigenvalue weighted by atomic mass is 19.1. The van der Waals surface area contributed by atoms with E-state index in [0.717, 1.165) is 22.8 Å². The minimum absolute atomic E-state index is 0.0199. The second-order valence-corrected chi connectivity index (χ2v) is 5.94. The maximum absolute atomic E-state index is 13.3. The van der Waals surface area contributed by atoms with Crippen LogP contribution in [0.2, 0.25) is 0 Å². The van der Waals surface area contributed by atoms with Gasteiger partial charge in [0, 0.05) is 0 Å². The van der Waals surface area contributed by atoms with E-state index in [9.17, 15) is 14.0 Å². The SMILES string of the molecule is COc1ccc(F)cc1C(=O)COC(=O)COc1c(C)cc(C)cc1C. The molecule has 0 spiro atoms. The lowest BCUT2D eigenvalue weighted by molar-refractivity contribution is -0.144. The number of hydrogen-bond acceptors (Lipinski definition) is 5. The molecule has 0 heterocycles. The molecule has 0 amide bonds. The number of benzene rings is 2. The van der Waals surface area contributed by atoms with Gasteiger partial charge < -0.3 is 14.2 Å². The second kappa shape index (κ2) is 8.47. The van der Waals surface area contributed by atoms with Gasteiger partial charge in [-0.3, -0.25) is 4.79 Å². The molecule has 0 atom stereocenters. The topological polar surface area (TPSA) is 61.8 Å². The summed E-state index contributed by atoms with van der Waals surface area (Å²) >= 11 is 0. The standard InChI is InChI=1S/C20H21FO5/c1-12-7-13(2)20(14(3)8-12)26-11-19(23)25-10-17(22)16-9-15(21)5-6-18(16)24-4/h5-9H,10-11H2,1-4H3. The van der Waals surface area contributed by atoms with Crippen molar-refractivity contribution in [1.82, 2.24) is 0 Å². The van der Waals surface area contributed by atoms with Gasteiger partial charge in [-0.25, -0.2) is 9.18 Å². The molecule has 2 rings (SSSR count). The third kappa shape index (κ3) is 4.81. The lowest BCUT2D eigenvalue weighted by Gasteiger charge is -2.13. The van der Waals surface area contributed by atoms with E-state index >= 15 is 0 Å². The van der Waals surface area contributed by atoms with Gasteiger partial charge in [0.05, 0.1) is 12.7 Å². The van der Waals surface area contributed by atoms with Gasteiger partial charge >= 0.3 is 5.97 Å². The molecule has 0 aliphatic carbocycles. The highest BCUT2D eigenvalue weighted by Crippen LogP contribution is 2.24. The summed E-state index contributed by atoms with van der Waals surface area (Å²) in [6, 6.07) is 7.48. The Kier molecular flexibility index (Phi) is 6.33. The number of Topliss-reactive ketones (excluding diaryl/α,β-unsaturated/α-hetero) is 1. The van der Waals surface area contributed by atoms with Crippen molar-refractivity contribution in [3.63, 3.8) is 0 Å². The number of esters is 1. The van der Waals surface area contributed by atoms with Gasteiger partial charge in [0.25, 0.3) is 0 Å². The van der Waals surface area contributed by atoms with E-state index in [1.54, 1.807) is 0 Å². The molecule has 0 saturated carbocycles. The fourth-order valence-electron chi connectivity index (χ4n) is 2.69. The van der Waals surface area contributed by atoms with Crippen LogP contribution in [0.1, 0.15) is 27.0 Å². The summed E-state index contributed by atoms with van der Waals surface area (Å²) in [5.41, 5.74) is 2.95. The Bertz CT molecular complexity index is 806. The minimum atomic E-state index is -0.687. The molecule has 0 aromatic heterocycles. The summed E-state index contributed by atoms with van der Waals surface area (Å²) in [4.78, 5) is 24.0. The zero-order valence-electron chi connectivity index (χ0n) is 15.2. The molecule has 26 heavy (non-hydrogen) atoms. The summed E-state index contributed by atoms with van der Waals surface area (Å²) < 4.78 is 28.8. The summed E-state index contributed by atoms with van der Waals surface area (Å²) in [7, 11) is 1.37. The predicted octanol–water partition coefficient (Wildman–Crippen LogP) is 3.56. The average molecular weight is 360 g/mol. The maximum atomic E-state index is 13.3. The number of carbonyl (C=O) groups excluding carboxylic acids is 2. The van der Waals surface area contributed by atoms with Crippen LogP contribution in [0.15, 0.2) is 30.3 Å². The molecule has 2 aromatic rings.